The standard InChI is InChI=1S/C32H42F2N10O12S2/c33-14-1-13(2-15(34)4-14)3-18-29(53)39-9-25(48)44-10-16(45)5-22(44)32(56)42-19(6-23(36)46)31(55)43-21(27(37)51)12-58-57-11-17(35)28(52)41-20(7-26(49)50)30(54)38-8-24(47)40-18/h1-2,4,16-22,45H,3,5-12,35H2,(H2,36,46)(H2,37,51)(H,38,54)(H,39,53)(H,40,47)(H,41,52)(H,42,56)(H,43,55)(H,49,50)/t16-,17-,18+,19+,20-,21-,22+/m1/s1. The van der Waals surface area contributed by atoms with Gasteiger partial charge in [-0.3, -0.25) is 47.9 Å². The van der Waals surface area contributed by atoms with Crippen molar-refractivity contribution in [3.63, 3.8) is 0 Å². The summed E-state index contributed by atoms with van der Waals surface area (Å²) in [7, 11) is 1.82. The van der Waals surface area contributed by atoms with E-state index in [1.165, 1.54) is 0 Å². The third kappa shape index (κ3) is 14.7. The number of amides is 9. The molecule has 0 aromatic heterocycles. The molecule has 0 unspecified atom stereocenters. The molecule has 2 heterocycles. The van der Waals surface area contributed by atoms with Gasteiger partial charge < -0.3 is 64.2 Å². The number of hydrogen-bond acceptors (Lipinski definition) is 14. The van der Waals surface area contributed by atoms with Crippen LogP contribution < -0.4 is 49.1 Å². The van der Waals surface area contributed by atoms with Crippen molar-refractivity contribution in [1.82, 2.24) is 36.8 Å². The fourth-order valence-electron chi connectivity index (χ4n) is 5.56. The highest BCUT2D eigenvalue weighted by atomic mass is 33.1. The maximum absolute atomic E-state index is 14.0. The second kappa shape index (κ2) is 21.8. The van der Waals surface area contributed by atoms with Crippen molar-refractivity contribution in [2.45, 2.75) is 68.0 Å². The minimum absolute atomic E-state index is 0.124. The van der Waals surface area contributed by atoms with E-state index in [1.54, 1.807) is 0 Å². The molecule has 26 heteroatoms. The van der Waals surface area contributed by atoms with Gasteiger partial charge in [-0.25, -0.2) is 8.78 Å². The van der Waals surface area contributed by atoms with E-state index >= 15 is 0 Å². The van der Waals surface area contributed by atoms with E-state index in [4.69, 9.17) is 17.2 Å². The zero-order valence-electron chi connectivity index (χ0n) is 30.4. The lowest BCUT2D eigenvalue weighted by Crippen LogP contribution is -2.58. The lowest BCUT2D eigenvalue weighted by Gasteiger charge is -2.27. The number of halogens is 2. The molecule has 318 valence electrons. The molecule has 7 atom stereocenters. The van der Waals surface area contributed by atoms with Gasteiger partial charge in [0.05, 0.1) is 38.1 Å². The highest BCUT2D eigenvalue weighted by Gasteiger charge is 2.41. The number of nitrogens with two attached hydrogens (primary N) is 3. The molecular weight excluding hydrogens is 819 g/mol. The van der Waals surface area contributed by atoms with E-state index in [-0.39, 0.29) is 23.5 Å². The maximum atomic E-state index is 14.0. The number of rotatable bonds is 7. The van der Waals surface area contributed by atoms with Crippen LogP contribution >= 0.6 is 21.6 Å². The van der Waals surface area contributed by atoms with Crippen LogP contribution in [-0.4, -0.2) is 148 Å². The van der Waals surface area contributed by atoms with E-state index in [2.05, 4.69) is 31.9 Å². The number of aliphatic carboxylic acids is 1. The van der Waals surface area contributed by atoms with Crippen molar-refractivity contribution >= 4 is 80.7 Å². The topological polar surface area (TPSA) is 365 Å². The van der Waals surface area contributed by atoms with Crippen LogP contribution in [0.4, 0.5) is 8.78 Å². The maximum Gasteiger partial charge on any atom is 0.305 e. The van der Waals surface area contributed by atoms with Gasteiger partial charge in [-0.05, 0) is 17.7 Å². The second-order valence-corrected chi connectivity index (χ2v) is 15.6. The predicted octanol–water partition coefficient (Wildman–Crippen LogP) is -5.80. The Kier molecular flexibility index (Phi) is 17.6. The first-order chi connectivity index (χ1) is 27.2. The summed E-state index contributed by atoms with van der Waals surface area (Å²) in [6.07, 6.45) is -3.91. The van der Waals surface area contributed by atoms with Gasteiger partial charge in [-0.2, -0.15) is 0 Å². The summed E-state index contributed by atoms with van der Waals surface area (Å²) >= 11 is 0. The van der Waals surface area contributed by atoms with Gasteiger partial charge in [-0.1, -0.05) is 21.6 Å². The monoisotopic (exact) mass is 860 g/mol. The van der Waals surface area contributed by atoms with Crippen LogP contribution in [0, 0.1) is 11.6 Å². The second-order valence-electron chi connectivity index (χ2n) is 13.0. The molecule has 2 aliphatic rings. The molecule has 9 amide bonds. The molecule has 0 radical (unpaired) electrons. The zero-order chi connectivity index (χ0) is 43.3. The Hall–Kier alpha value is -5.60. The lowest BCUT2D eigenvalue weighted by molar-refractivity contribution is -0.141. The Morgan fingerprint density at radius 1 is 0.759 bits per heavy atom. The van der Waals surface area contributed by atoms with Gasteiger partial charge in [0, 0.05) is 37.0 Å². The average Bonchev–Trinajstić information content (AvgIpc) is 3.53. The molecule has 2 saturated heterocycles. The minimum Gasteiger partial charge on any atom is -0.481 e. The minimum atomic E-state index is -1.75. The van der Waals surface area contributed by atoms with Gasteiger partial charge in [0.1, 0.15) is 41.8 Å². The van der Waals surface area contributed by atoms with Crippen molar-refractivity contribution in [2.24, 2.45) is 17.2 Å². The molecule has 2 fully saturated rings. The quantitative estimate of drug-likeness (QED) is 0.114. The third-order valence-electron chi connectivity index (χ3n) is 8.37. The normalized spacial score (nSPS) is 26.5. The molecule has 58 heavy (non-hydrogen) atoms. The first kappa shape index (κ1) is 46.8. The molecule has 1 aromatic carbocycles. The van der Waals surface area contributed by atoms with E-state index in [9.17, 15) is 66.9 Å². The number of carbonyl (C=O) groups is 10. The van der Waals surface area contributed by atoms with E-state index in [0.717, 1.165) is 38.6 Å². The summed E-state index contributed by atoms with van der Waals surface area (Å²) < 4.78 is 28.0. The summed E-state index contributed by atoms with van der Waals surface area (Å²) in [5, 5.41) is 33.0. The number of nitrogens with zero attached hydrogens (tertiary/aromatic N) is 1. The number of hydrogen-bond donors (Lipinski definition) is 11. The predicted molar refractivity (Wildman–Crippen MR) is 198 cm³/mol. The summed E-state index contributed by atoms with van der Waals surface area (Å²) in [5.74, 6) is -13.5. The number of primary amides is 2. The smallest absolute Gasteiger partial charge is 0.305 e. The van der Waals surface area contributed by atoms with Crippen LogP contribution in [-0.2, 0) is 54.4 Å². The Morgan fingerprint density at radius 2 is 1.34 bits per heavy atom. The lowest BCUT2D eigenvalue weighted by atomic mass is 10.0. The molecule has 14 N–H and O–H groups in total. The molecule has 0 aliphatic carbocycles. The van der Waals surface area contributed by atoms with Gasteiger partial charge in [0.2, 0.25) is 53.2 Å². The van der Waals surface area contributed by atoms with Crippen molar-refractivity contribution in [3.8, 4) is 0 Å². The summed E-state index contributed by atoms with van der Waals surface area (Å²) in [6, 6.07) is -7.09. The number of carboxylic acid groups (broad SMARTS) is 1. The number of aliphatic hydroxyl groups excluding tert-OH is 1. The number of fused-ring (bicyclic) bond motifs is 1. The number of carboxylic acids is 1. The molecule has 0 bridgehead atoms. The van der Waals surface area contributed by atoms with Gasteiger partial charge in [-0.15, -0.1) is 0 Å². The highest BCUT2D eigenvalue weighted by molar-refractivity contribution is 8.76. The Balaban J connectivity index is 1.94. The van der Waals surface area contributed by atoms with Gasteiger partial charge in [0.15, 0.2) is 0 Å². The molecule has 0 saturated carbocycles. The van der Waals surface area contributed by atoms with Crippen molar-refractivity contribution in [1.29, 1.82) is 0 Å². The first-order valence-corrected chi connectivity index (χ1v) is 19.7. The SMILES string of the molecule is NC(=O)C[C@@H]1NC(=O)[C@@H]2C[C@@H](O)CN2C(=O)CNC(=O)[C@H](Cc2cc(F)cc(F)c2)NC(=O)CNC(=O)[C@@H](CC(=O)O)NC(=O)[C@H](N)CSSC[C@H](C(N)=O)NC1=O. The van der Waals surface area contributed by atoms with E-state index in [1.807, 2.05) is 0 Å². The van der Waals surface area contributed by atoms with Crippen LogP contribution in [0.15, 0.2) is 18.2 Å². The first-order valence-electron chi connectivity index (χ1n) is 17.2. The largest absolute Gasteiger partial charge is 0.481 e. The van der Waals surface area contributed by atoms with Crippen LogP contribution in [0.1, 0.15) is 24.8 Å². The van der Waals surface area contributed by atoms with Crippen LogP contribution in [0.5, 0.6) is 0 Å². The Bertz CT molecular complexity index is 1780. The van der Waals surface area contributed by atoms with Crippen LogP contribution in [0.25, 0.3) is 0 Å². The fraction of sp³-hybridized carbons (Fsp3) is 0.500. The number of aliphatic hydroxyl groups is 1. The summed E-state index contributed by atoms with van der Waals surface area (Å²) in [4.78, 5) is 128. The van der Waals surface area contributed by atoms with Crippen molar-refractivity contribution < 1.29 is 66.9 Å². The molecule has 0 spiro atoms. The number of carbonyl (C=O) groups excluding carboxylic acids is 9. The number of benzene rings is 1. The summed E-state index contributed by atoms with van der Waals surface area (Å²) in [5.41, 5.74) is 16.5. The molecule has 22 nitrogen and oxygen atoms in total. The summed E-state index contributed by atoms with van der Waals surface area (Å²) in [6.45, 7) is -2.19. The van der Waals surface area contributed by atoms with E-state index < -0.39 is 152 Å². The fourth-order valence-corrected chi connectivity index (χ4v) is 7.86. The third-order valence-corrected chi connectivity index (χ3v) is 10.8. The molecule has 3 rings (SSSR count). The van der Waals surface area contributed by atoms with Gasteiger partial charge in [0.25, 0.3) is 0 Å². The highest BCUT2D eigenvalue weighted by Crippen LogP contribution is 2.23. The van der Waals surface area contributed by atoms with Crippen molar-refractivity contribution in [3.05, 3.63) is 35.4 Å². The Labute approximate surface area is 335 Å². The molecule has 1 aromatic rings. The molecule has 2 aliphatic heterocycles. The van der Waals surface area contributed by atoms with E-state index in [0.29, 0.717) is 6.07 Å². The molecular formula is C32H42F2N10O12S2. The zero-order valence-corrected chi connectivity index (χ0v) is 32.0. The average molecular weight is 861 g/mol. The van der Waals surface area contributed by atoms with Crippen LogP contribution in [0.2, 0.25) is 0 Å². The van der Waals surface area contributed by atoms with Gasteiger partial charge >= 0.3 is 5.97 Å². The van der Waals surface area contributed by atoms with Crippen LogP contribution in [0.3, 0.4) is 0 Å². The number of nitrogens with one attached hydrogen (secondary N) is 6. The Morgan fingerprint density at radius 3 is 1.97 bits per heavy atom. The van der Waals surface area contributed by atoms with Crippen molar-refractivity contribution in [2.75, 3.05) is 31.1 Å².